The summed E-state index contributed by atoms with van der Waals surface area (Å²) in [4.78, 5) is 12.4. The summed E-state index contributed by atoms with van der Waals surface area (Å²) < 4.78 is 0. The zero-order valence-electron chi connectivity index (χ0n) is 11.2. The Kier molecular flexibility index (Phi) is 4.12. The highest BCUT2D eigenvalue weighted by atomic mass is 32.2. The van der Waals surface area contributed by atoms with E-state index in [1.165, 1.54) is 25.7 Å². The van der Waals surface area contributed by atoms with Gasteiger partial charge in [0.2, 0.25) is 5.91 Å². The van der Waals surface area contributed by atoms with Crippen LogP contribution < -0.4 is 5.32 Å². The van der Waals surface area contributed by atoms with E-state index in [0.717, 1.165) is 18.4 Å². The van der Waals surface area contributed by atoms with Crippen LogP contribution in [0.3, 0.4) is 0 Å². The van der Waals surface area contributed by atoms with Crippen molar-refractivity contribution >= 4 is 17.7 Å². The van der Waals surface area contributed by atoms with Crippen molar-refractivity contribution in [2.45, 2.75) is 55.1 Å². The molecule has 2 aliphatic carbocycles. The molecule has 19 heavy (non-hydrogen) atoms. The maximum absolute atomic E-state index is 12.4. The SMILES string of the molecule is O=C(NC1CC1)[C@H](SC1CCCC1)c1ccccc1. The van der Waals surface area contributed by atoms with E-state index in [9.17, 15) is 4.79 Å². The van der Waals surface area contributed by atoms with Gasteiger partial charge in [-0.05, 0) is 31.2 Å². The second-order valence-corrected chi connectivity index (χ2v) is 7.03. The molecular formula is C16H21NOS. The Morgan fingerprint density at radius 1 is 1.11 bits per heavy atom. The molecule has 1 aromatic carbocycles. The lowest BCUT2D eigenvalue weighted by molar-refractivity contribution is -0.120. The average molecular weight is 275 g/mol. The molecule has 0 unspecified atom stereocenters. The number of carbonyl (C=O) groups excluding carboxylic acids is 1. The second-order valence-electron chi connectivity index (χ2n) is 5.62. The van der Waals surface area contributed by atoms with Crippen molar-refractivity contribution < 1.29 is 4.79 Å². The topological polar surface area (TPSA) is 29.1 Å². The van der Waals surface area contributed by atoms with E-state index >= 15 is 0 Å². The van der Waals surface area contributed by atoms with E-state index in [1.807, 2.05) is 30.0 Å². The third kappa shape index (κ3) is 3.53. The van der Waals surface area contributed by atoms with Crippen molar-refractivity contribution in [2.75, 3.05) is 0 Å². The number of carbonyl (C=O) groups is 1. The van der Waals surface area contributed by atoms with Gasteiger partial charge in [-0.2, -0.15) is 0 Å². The summed E-state index contributed by atoms with van der Waals surface area (Å²) in [6.07, 6.45) is 7.49. The third-order valence-electron chi connectivity index (χ3n) is 3.89. The van der Waals surface area contributed by atoms with Gasteiger partial charge in [0, 0.05) is 11.3 Å². The molecule has 2 aliphatic rings. The molecule has 2 saturated carbocycles. The minimum atomic E-state index is -0.0232. The molecule has 0 bridgehead atoms. The van der Waals surface area contributed by atoms with Crippen molar-refractivity contribution in [3.05, 3.63) is 35.9 Å². The van der Waals surface area contributed by atoms with E-state index in [0.29, 0.717) is 11.3 Å². The van der Waals surface area contributed by atoms with Crippen LogP contribution in [0.1, 0.15) is 49.3 Å². The van der Waals surface area contributed by atoms with E-state index in [1.54, 1.807) is 0 Å². The number of hydrogen-bond donors (Lipinski definition) is 1. The summed E-state index contributed by atoms with van der Waals surface area (Å²) >= 11 is 1.87. The zero-order chi connectivity index (χ0) is 13.1. The third-order valence-corrected chi connectivity index (χ3v) is 5.51. The molecule has 1 atom stereocenters. The minimum Gasteiger partial charge on any atom is -0.352 e. The molecule has 0 aliphatic heterocycles. The predicted octanol–water partition coefficient (Wildman–Crippen LogP) is 3.68. The molecule has 0 saturated heterocycles. The monoisotopic (exact) mass is 275 g/mol. The molecule has 2 nitrogen and oxygen atoms in total. The minimum absolute atomic E-state index is 0.0232. The number of amides is 1. The van der Waals surface area contributed by atoms with Gasteiger partial charge >= 0.3 is 0 Å². The van der Waals surface area contributed by atoms with Gasteiger partial charge in [0.15, 0.2) is 0 Å². The van der Waals surface area contributed by atoms with Crippen LogP contribution in [0.25, 0.3) is 0 Å². The van der Waals surface area contributed by atoms with Crippen molar-refractivity contribution in [1.29, 1.82) is 0 Å². The number of benzene rings is 1. The lowest BCUT2D eigenvalue weighted by Crippen LogP contribution is -2.30. The Labute approximate surface area is 119 Å². The summed E-state index contributed by atoms with van der Waals surface area (Å²) in [5, 5.41) is 3.81. The van der Waals surface area contributed by atoms with Gasteiger partial charge < -0.3 is 5.32 Å². The summed E-state index contributed by atoms with van der Waals surface area (Å²) in [5.74, 6) is 0.214. The van der Waals surface area contributed by atoms with Crippen LogP contribution in [0.4, 0.5) is 0 Å². The Morgan fingerprint density at radius 3 is 2.42 bits per heavy atom. The molecule has 0 spiro atoms. The van der Waals surface area contributed by atoms with Crippen LogP contribution in [-0.2, 0) is 4.79 Å². The maximum atomic E-state index is 12.4. The van der Waals surface area contributed by atoms with Crippen LogP contribution in [0, 0.1) is 0 Å². The zero-order valence-corrected chi connectivity index (χ0v) is 12.0. The largest absolute Gasteiger partial charge is 0.352 e. The quantitative estimate of drug-likeness (QED) is 0.888. The van der Waals surface area contributed by atoms with Gasteiger partial charge in [-0.25, -0.2) is 0 Å². The van der Waals surface area contributed by atoms with Gasteiger partial charge in [-0.3, -0.25) is 4.79 Å². The number of hydrogen-bond acceptors (Lipinski definition) is 2. The molecular weight excluding hydrogens is 254 g/mol. The summed E-state index contributed by atoms with van der Waals surface area (Å²) in [6, 6.07) is 10.7. The smallest absolute Gasteiger partial charge is 0.237 e. The van der Waals surface area contributed by atoms with Crippen molar-refractivity contribution in [2.24, 2.45) is 0 Å². The van der Waals surface area contributed by atoms with Gasteiger partial charge in [0.25, 0.3) is 0 Å². The fourth-order valence-electron chi connectivity index (χ4n) is 2.64. The molecule has 1 aromatic rings. The van der Waals surface area contributed by atoms with Crippen molar-refractivity contribution in [3.63, 3.8) is 0 Å². The Hall–Kier alpha value is -0.960. The Morgan fingerprint density at radius 2 is 1.79 bits per heavy atom. The lowest BCUT2D eigenvalue weighted by Gasteiger charge is -2.20. The molecule has 102 valence electrons. The van der Waals surface area contributed by atoms with Crippen LogP contribution in [0.15, 0.2) is 30.3 Å². The van der Waals surface area contributed by atoms with Gasteiger partial charge in [-0.15, -0.1) is 11.8 Å². The Bertz CT molecular complexity index is 424. The fourth-order valence-corrected chi connectivity index (χ4v) is 4.14. The van der Waals surface area contributed by atoms with E-state index in [4.69, 9.17) is 0 Å². The molecule has 0 heterocycles. The normalized spacial score (nSPS) is 21.3. The molecule has 2 fully saturated rings. The standard InChI is InChI=1S/C16H21NOS/c18-16(17-13-10-11-13)15(12-6-2-1-3-7-12)19-14-8-4-5-9-14/h1-3,6-7,13-15H,4-5,8-11H2,(H,17,18)/t15-/m1/s1. The Balaban J connectivity index is 1.71. The first-order valence-electron chi connectivity index (χ1n) is 7.34. The van der Waals surface area contributed by atoms with Crippen LogP contribution in [-0.4, -0.2) is 17.2 Å². The molecule has 3 rings (SSSR count). The molecule has 1 N–H and O–H groups in total. The average Bonchev–Trinajstić information content (AvgIpc) is 3.10. The van der Waals surface area contributed by atoms with E-state index in [-0.39, 0.29) is 11.2 Å². The van der Waals surface area contributed by atoms with E-state index < -0.39 is 0 Å². The molecule has 3 heteroatoms. The predicted molar refractivity (Wildman–Crippen MR) is 80.2 cm³/mol. The van der Waals surface area contributed by atoms with Crippen LogP contribution in [0.2, 0.25) is 0 Å². The van der Waals surface area contributed by atoms with Crippen LogP contribution in [0.5, 0.6) is 0 Å². The highest BCUT2D eigenvalue weighted by Crippen LogP contribution is 2.40. The lowest BCUT2D eigenvalue weighted by atomic mass is 10.1. The first-order chi connectivity index (χ1) is 9.33. The maximum Gasteiger partial charge on any atom is 0.237 e. The van der Waals surface area contributed by atoms with Crippen molar-refractivity contribution in [3.8, 4) is 0 Å². The first-order valence-corrected chi connectivity index (χ1v) is 8.28. The number of nitrogens with one attached hydrogen (secondary N) is 1. The highest BCUT2D eigenvalue weighted by molar-refractivity contribution is 8.00. The number of rotatable bonds is 5. The van der Waals surface area contributed by atoms with Gasteiger partial charge in [0.1, 0.15) is 5.25 Å². The van der Waals surface area contributed by atoms with Gasteiger partial charge in [0.05, 0.1) is 0 Å². The van der Waals surface area contributed by atoms with Gasteiger partial charge in [-0.1, -0.05) is 43.2 Å². The summed E-state index contributed by atoms with van der Waals surface area (Å²) in [5.41, 5.74) is 1.15. The second kappa shape index (κ2) is 6.00. The summed E-state index contributed by atoms with van der Waals surface area (Å²) in [6.45, 7) is 0. The van der Waals surface area contributed by atoms with Crippen LogP contribution >= 0.6 is 11.8 Å². The first kappa shape index (κ1) is 13.0. The summed E-state index contributed by atoms with van der Waals surface area (Å²) in [7, 11) is 0. The fraction of sp³-hybridized carbons (Fsp3) is 0.562. The number of thioether (sulfide) groups is 1. The molecule has 1 amide bonds. The highest BCUT2D eigenvalue weighted by Gasteiger charge is 2.31. The van der Waals surface area contributed by atoms with E-state index in [2.05, 4.69) is 17.4 Å². The molecule has 0 radical (unpaired) electrons. The van der Waals surface area contributed by atoms with Crippen molar-refractivity contribution in [1.82, 2.24) is 5.32 Å². The molecule has 0 aromatic heterocycles.